The van der Waals surface area contributed by atoms with Gasteiger partial charge in [-0.1, -0.05) is 6.07 Å². The smallest absolute Gasteiger partial charge is 0.313 e. The molecule has 0 aliphatic carbocycles. The molecule has 0 radical (unpaired) electrons. The van der Waals surface area contributed by atoms with Crippen molar-refractivity contribution in [2.24, 2.45) is 5.73 Å². The van der Waals surface area contributed by atoms with Crippen LogP contribution in [0.15, 0.2) is 18.2 Å². The third-order valence-corrected chi connectivity index (χ3v) is 3.13. The summed E-state index contributed by atoms with van der Waals surface area (Å²) in [5.41, 5.74) is 5.17. The Morgan fingerprint density at radius 2 is 2.18 bits per heavy atom. The average Bonchev–Trinajstić information content (AvgIpc) is 2.75. The molecule has 2 rings (SSSR count). The number of fused-ring (bicyclic) bond motifs is 1. The summed E-state index contributed by atoms with van der Waals surface area (Å²) in [6.07, 6.45) is 0.377. The fourth-order valence-electron chi connectivity index (χ4n) is 1.90. The number of ether oxygens (including phenoxy) is 2. The Kier molecular flexibility index (Phi) is 2.93. The van der Waals surface area contributed by atoms with Gasteiger partial charge in [0.25, 0.3) is 0 Å². The summed E-state index contributed by atoms with van der Waals surface area (Å²) in [6.45, 7) is 2.16. The number of hydrogen-bond acceptors (Lipinski definition) is 4. The highest BCUT2D eigenvalue weighted by Gasteiger charge is 2.35. The van der Waals surface area contributed by atoms with E-state index in [1.54, 1.807) is 25.1 Å². The van der Waals surface area contributed by atoms with E-state index in [0.717, 1.165) is 0 Å². The minimum atomic E-state index is -0.990. The van der Waals surface area contributed by atoms with Gasteiger partial charge in [0.15, 0.2) is 11.5 Å². The van der Waals surface area contributed by atoms with Crippen molar-refractivity contribution < 1.29 is 19.4 Å². The molecule has 92 valence electrons. The third-order valence-electron chi connectivity index (χ3n) is 3.13. The van der Waals surface area contributed by atoms with E-state index < -0.39 is 11.4 Å². The van der Waals surface area contributed by atoms with Crippen LogP contribution in [0.2, 0.25) is 0 Å². The van der Waals surface area contributed by atoms with Crippen molar-refractivity contribution in [3.63, 3.8) is 0 Å². The monoisotopic (exact) mass is 237 g/mol. The van der Waals surface area contributed by atoms with Crippen molar-refractivity contribution in [1.29, 1.82) is 0 Å². The van der Waals surface area contributed by atoms with Crippen LogP contribution in [0.1, 0.15) is 18.9 Å². The van der Waals surface area contributed by atoms with Gasteiger partial charge in [-0.25, -0.2) is 0 Å². The number of hydrogen-bond donors (Lipinski definition) is 2. The number of aliphatic carboxylic acids is 1. The minimum absolute atomic E-state index is 0.180. The predicted octanol–water partition coefficient (Wildman–Crippen LogP) is 1.11. The summed E-state index contributed by atoms with van der Waals surface area (Å²) in [5, 5.41) is 9.34. The molecule has 0 fully saturated rings. The zero-order chi connectivity index (χ0) is 12.5. The largest absolute Gasteiger partial charge is 0.481 e. The molecule has 0 saturated heterocycles. The Morgan fingerprint density at radius 3 is 2.82 bits per heavy atom. The van der Waals surface area contributed by atoms with E-state index in [1.165, 1.54) is 0 Å². The Morgan fingerprint density at radius 1 is 1.47 bits per heavy atom. The van der Waals surface area contributed by atoms with E-state index in [1.807, 2.05) is 0 Å². The zero-order valence-electron chi connectivity index (χ0n) is 9.60. The molecule has 1 unspecified atom stereocenters. The second kappa shape index (κ2) is 4.25. The highest BCUT2D eigenvalue weighted by molar-refractivity contribution is 5.81. The van der Waals surface area contributed by atoms with Crippen LogP contribution in [0, 0.1) is 0 Å². The highest BCUT2D eigenvalue weighted by atomic mass is 16.7. The van der Waals surface area contributed by atoms with Gasteiger partial charge in [-0.15, -0.1) is 0 Å². The first-order chi connectivity index (χ1) is 8.08. The van der Waals surface area contributed by atoms with Crippen molar-refractivity contribution >= 4 is 5.97 Å². The average molecular weight is 237 g/mol. The lowest BCUT2D eigenvalue weighted by Gasteiger charge is -2.24. The lowest BCUT2D eigenvalue weighted by atomic mass is 9.79. The molecular weight excluding hydrogens is 222 g/mol. The first-order valence-electron chi connectivity index (χ1n) is 5.41. The van der Waals surface area contributed by atoms with Gasteiger partial charge in [-0.3, -0.25) is 4.79 Å². The van der Waals surface area contributed by atoms with E-state index in [-0.39, 0.29) is 6.79 Å². The Balaban J connectivity index is 2.40. The Hall–Kier alpha value is -1.75. The van der Waals surface area contributed by atoms with Crippen molar-refractivity contribution in [3.8, 4) is 11.5 Å². The summed E-state index contributed by atoms with van der Waals surface area (Å²) in [5.74, 6) is 0.350. The highest BCUT2D eigenvalue weighted by Crippen LogP contribution is 2.37. The molecule has 1 heterocycles. The zero-order valence-corrected chi connectivity index (χ0v) is 9.60. The van der Waals surface area contributed by atoms with Crippen LogP contribution in [0.5, 0.6) is 11.5 Å². The molecule has 17 heavy (non-hydrogen) atoms. The van der Waals surface area contributed by atoms with Crippen LogP contribution in [-0.4, -0.2) is 24.4 Å². The second-order valence-electron chi connectivity index (χ2n) is 4.24. The van der Waals surface area contributed by atoms with Crippen molar-refractivity contribution in [2.75, 3.05) is 13.3 Å². The molecule has 5 nitrogen and oxygen atoms in total. The molecule has 1 atom stereocenters. The number of carboxylic acid groups (broad SMARTS) is 1. The summed E-state index contributed by atoms with van der Waals surface area (Å²) in [7, 11) is 0. The maximum Gasteiger partial charge on any atom is 0.313 e. The number of carbonyl (C=O) groups is 1. The van der Waals surface area contributed by atoms with E-state index in [0.29, 0.717) is 30.0 Å². The molecule has 1 aliphatic rings. The van der Waals surface area contributed by atoms with Gasteiger partial charge in [0.05, 0.1) is 5.41 Å². The number of carboxylic acids is 1. The summed E-state index contributed by atoms with van der Waals surface area (Å²) in [4.78, 5) is 11.4. The van der Waals surface area contributed by atoms with Crippen LogP contribution >= 0.6 is 0 Å². The predicted molar refractivity (Wildman–Crippen MR) is 61.2 cm³/mol. The molecule has 1 aromatic carbocycles. The SMILES string of the molecule is CC(CCN)(C(=O)O)c1ccc2c(c1)OCO2. The Labute approximate surface area is 99.1 Å². The molecule has 0 bridgehead atoms. The molecule has 0 spiro atoms. The van der Waals surface area contributed by atoms with E-state index in [2.05, 4.69) is 0 Å². The number of benzene rings is 1. The van der Waals surface area contributed by atoms with Crippen LogP contribution in [-0.2, 0) is 10.2 Å². The van der Waals surface area contributed by atoms with Gasteiger partial charge in [-0.05, 0) is 37.6 Å². The van der Waals surface area contributed by atoms with Gasteiger partial charge in [0.1, 0.15) is 0 Å². The first kappa shape index (κ1) is 11.7. The number of rotatable bonds is 4. The van der Waals surface area contributed by atoms with Gasteiger partial charge in [0, 0.05) is 0 Å². The van der Waals surface area contributed by atoms with E-state index in [4.69, 9.17) is 15.2 Å². The molecule has 5 heteroatoms. The second-order valence-corrected chi connectivity index (χ2v) is 4.24. The number of nitrogens with two attached hydrogens (primary N) is 1. The molecule has 0 saturated carbocycles. The van der Waals surface area contributed by atoms with Crippen LogP contribution in [0.25, 0.3) is 0 Å². The van der Waals surface area contributed by atoms with Gasteiger partial charge in [-0.2, -0.15) is 0 Å². The summed E-state index contributed by atoms with van der Waals surface area (Å²) >= 11 is 0. The lowest BCUT2D eigenvalue weighted by Crippen LogP contribution is -2.34. The van der Waals surface area contributed by atoms with Crippen molar-refractivity contribution in [2.45, 2.75) is 18.8 Å². The molecule has 1 aliphatic heterocycles. The fourth-order valence-corrected chi connectivity index (χ4v) is 1.90. The van der Waals surface area contributed by atoms with E-state index in [9.17, 15) is 9.90 Å². The summed E-state index contributed by atoms with van der Waals surface area (Å²) < 4.78 is 10.4. The van der Waals surface area contributed by atoms with Gasteiger partial charge < -0.3 is 20.3 Å². The molecule has 1 aromatic rings. The van der Waals surface area contributed by atoms with E-state index >= 15 is 0 Å². The van der Waals surface area contributed by atoms with Crippen LogP contribution in [0.3, 0.4) is 0 Å². The molecule has 3 N–H and O–H groups in total. The normalized spacial score (nSPS) is 16.6. The maximum atomic E-state index is 11.4. The Bertz CT molecular complexity index is 446. The standard InChI is InChI=1S/C12H15NO4/c1-12(4-5-13,11(14)15)8-2-3-9-10(6-8)17-7-16-9/h2-3,6H,4-5,7,13H2,1H3,(H,14,15). The van der Waals surface area contributed by atoms with Gasteiger partial charge >= 0.3 is 5.97 Å². The summed E-state index contributed by atoms with van der Waals surface area (Å²) in [6, 6.07) is 5.19. The topological polar surface area (TPSA) is 81.8 Å². The van der Waals surface area contributed by atoms with Crippen molar-refractivity contribution in [1.82, 2.24) is 0 Å². The van der Waals surface area contributed by atoms with Crippen LogP contribution < -0.4 is 15.2 Å². The molecule has 0 amide bonds. The third kappa shape index (κ3) is 1.93. The maximum absolute atomic E-state index is 11.4. The lowest BCUT2D eigenvalue weighted by molar-refractivity contribution is -0.143. The minimum Gasteiger partial charge on any atom is -0.481 e. The molecular formula is C12H15NO4. The first-order valence-corrected chi connectivity index (χ1v) is 5.41. The van der Waals surface area contributed by atoms with Gasteiger partial charge in [0.2, 0.25) is 6.79 Å². The van der Waals surface area contributed by atoms with Crippen molar-refractivity contribution in [3.05, 3.63) is 23.8 Å². The fraction of sp³-hybridized carbons (Fsp3) is 0.417. The quantitative estimate of drug-likeness (QED) is 0.819. The van der Waals surface area contributed by atoms with Crippen LogP contribution in [0.4, 0.5) is 0 Å². The molecule has 0 aromatic heterocycles.